The molecule has 0 bridgehead atoms. The van der Waals surface area contributed by atoms with E-state index in [2.05, 4.69) is 45.0 Å². The van der Waals surface area contributed by atoms with Crippen LogP contribution in [0.5, 0.6) is 0 Å². The lowest BCUT2D eigenvalue weighted by Gasteiger charge is -2.08. The summed E-state index contributed by atoms with van der Waals surface area (Å²) in [5, 5.41) is 5.88. The zero-order chi connectivity index (χ0) is 22.9. The van der Waals surface area contributed by atoms with Gasteiger partial charge in [-0.15, -0.1) is 0 Å². The van der Waals surface area contributed by atoms with Gasteiger partial charge in [0.2, 0.25) is 0 Å². The molecule has 0 aliphatic carbocycles. The number of hydrogen-bond donors (Lipinski definition) is 1. The van der Waals surface area contributed by atoms with Crippen molar-refractivity contribution in [2.75, 3.05) is 13.7 Å². The first-order chi connectivity index (χ1) is 16.0. The van der Waals surface area contributed by atoms with Crippen molar-refractivity contribution < 1.29 is 19.1 Å². The van der Waals surface area contributed by atoms with Crippen LogP contribution in [0, 0.1) is 0 Å². The lowest BCUT2D eigenvalue weighted by molar-refractivity contribution is -0.143. The summed E-state index contributed by atoms with van der Waals surface area (Å²) in [7, 11) is 1.21. The van der Waals surface area contributed by atoms with Gasteiger partial charge in [-0.25, -0.2) is 9.69 Å². The second-order valence-corrected chi connectivity index (χ2v) is 7.87. The minimum absolute atomic E-state index is 0.123. The van der Waals surface area contributed by atoms with E-state index in [-0.39, 0.29) is 5.70 Å². The summed E-state index contributed by atoms with van der Waals surface area (Å²) in [6, 6.07) is 21.9. The van der Waals surface area contributed by atoms with Crippen LogP contribution in [-0.4, -0.2) is 41.0 Å². The highest BCUT2D eigenvalue weighted by Crippen LogP contribution is 2.26. The Bertz CT molecular complexity index is 1450. The highest BCUT2D eigenvalue weighted by Gasteiger charge is 2.35. The maximum absolute atomic E-state index is 12.7. The molecule has 0 spiro atoms. The van der Waals surface area contributed by atoms with E-state index in [1.54, 1.807) is 6.08 Å². The van der Waals surface area contributed by atoms with Crippen molar-refractivity contribution in [3.8, 4) is 0 Å². The molecule has 1 saturated heterocycles. The number of para-hydroxylation sites is 1. The SMILES string of the molecule is COC(=O)CN1C(=O)NC(=Cc2cn(Cc3ccc4ccccc4c3)c3ccccc23)C1=O. The van der Waals surface area contributed by atoms with Crippen molar-refractivity contribution in [1.82, 2.24) is 14.8 Å². The number of methoxy groups -OCH3 is 1. The van der Waals surface area contributed by atoms with Crippen LogP contribution in [0.4, 0.5) is 4.79 Å². The molecule has 1 aromatic heterocycles. The van der Waals surface area contributed by atoms with E-state index >= 15 is 0 Å². The van der Waals surface area contributed by atoms with Gasteiger partial charge in [0.25, 0.3) is 5.91 Å². The number of esters is 1. The lowest BCUT2D eigenvalue weighted by Crippen LogP contribution is -2.36. The quantitative estimate of drug-likeness (QED) is 0.291. The van der Waals surface area contributed by atoms with Crippen LogP contribution in [0.3, 0.4) is 0 Å². The zero-order valence-electron chi connectivity index (χ0n) is 17.9. The first-order valence-electron chi connectivity index (χ1n) is 10.5. The molecular formula is C26H21N3O4. The molecule has 164 valence electrons. The fourth-order valence-electron chi connectivity index (χ4n) is 4.12. The van der Waals surface area contributed by atoms with E-state index in [1.807, 2.05) is 42.6 Å². The summed E-state index contributed by atoms with van der Waals surface area (Å²) >= 11 is 0. The van der Waals surface area contributed by atoms with Crippen LogP contribution in [0.25, 0.3) is 27.8 Å². The number of amides is 3. The first kappa shape index (κ1) is 20.5. The second-order valence-electron chi connectivity index (χ2n) is 7.87. The van der Waals surface area contributed by atoms with E-state index in [0.29, 0.717) is 6.54 Å². The van der Waals surface area contributed by atoms with Gasteiger partial charge in [-0.05, 0) is 34.5 Å². The van der Waals surface area contributed by atoms with Crippen molar-refractivity contribution in [2.24, 2.45) is 0 Å². The molecule has 0 unspecified atom stereocenters. The van der Waals surface area contributed by atoms with Crippen LogP contribution in [-0.2, 0) is 20.9 Å². The number of aromatic nitrogens is 1. The van der Waals surface area contributed by atoms with Crippen LogP contribution < -0.4 is 5.32 Å². The molecule has 0 radical (unpaired) electrons. The molecule has 3 aromatic carbocycles. The van der Waals surface area contributed by atoms with Gasteiger partial charge in [-0.1, -0.05) is 54.6 Å². The molecule has 1 N–H and O–H groups in total. The number of fused-ring (bicyclic) bond motifs is 2. The minimum Gasteiger partial charge on any atom is -0.468 e. The molecule has 7 heteroatoms. The summed E-state index contributed by atoms with van der Waals surface area (Å²) in [5.74, 6) is -1.22. The van der Waals surface area contributed by atoms with E-state index in [4.69, 9.17) is 0 Å². The van der Waals surface area contributed by atoms with E-state index in [1.165, 1.54) is 17.9 Å². The van der Waals surface area contributed by atoms with E-state index < -0.39 is 24.5 Å². The molecule has 7 nitrogen and oxygen atoms in total. The number of rotatable bonds is 5. The predicted octanol–water partition coefficient (Wildman–Crippen LogP) is 3.91. The Balaban J connectivity index is 1.49. The molecular weight excluding hydrogens is 418 g/mol. The second kappa shape index (κ2) is 8.27. The topological polar surface area (TPSA) is 80.6 Å². The lowest BCUT2D eigenvalue weighted by atomic mass is 10.1. The maximum Gasteiger partial charge on any atom is 0.329 e. The van der Waals surface area contributed by atoms with Gasteiger partial charge >= 0.3 is 12.0 Å². The standard InChI is InChI=1S/C26H21N3O4/c1-33-24(30)16-29-25(31)22(27-26(29)32)13-20-15-28(23-9-5-4-8-21(20)23)14-17-10-11-18-6-2-3-7-19(18)12-17/h2-13,15H,14,16H2,1H3,(H,27,32). The summed E-state index contributed by atoms with van der Waals surface area (Å²) in [5.41, 5.74) is 3.09. The fraction of sp³-hybridized carbons (Fsp3) is 0.115. The van der Waals surface area contributed by atoms with Gasteiger partial charge in [0.05, 0.1) is 7.11 Å². The number of carbonyl (C=O) groups is 3. The highest BCUT2D eigenvalue weighted by atomic mass is 16.5. The number of carbonyl (C=O) groups excluding carboxylic acids is 3. The Morgan fingerprint density at radius 2 is 1.76 bits per heavy atom. The zero-order valence-corrected chi connectivity index (χ0v) is 17.9. The number of nitrogens with one attached hydrogen (secondary N) is 1. The summed E-state index contributed by atoms with van der Waals surface area (Å²) in [4.78, 5) is 37.3. The molecule has 5 rings (SSSR count). The van der Waals surface area contributed by atoms with E-state index in [0.717, 1.165) is 26.9 Å². The number of urea groups is 1. The predicted molar refractivity (Wildman–Crippen MR) is 125 cm³/mol. The van der Waals surface area contributed by atoms with Gasteiger partial charge in [-0.3, -0.25) is 9.59 Å². The summed E-state index contributed by atoms with van der Waals surface area (Å²) < 4.78 is 6.70. The third-order valence-electron chi connectivity index (χ3n) is 5.76. The first-order valence-corrected chi connectivity index (χ1v) is 10.5. The van der Waals surface area contributed by atoms with Crippen molar-refractivity contribution in [3.05, 3.63) is 89.8 Å². The fourth-order valence-corrected chi connectivity index (χ4v) is 4.12. The van der Waals surface area contributed by atoms with Crippen molar-refractivity contribution in [2.45, 2.75) is 6.54 Å². The number of hydrogen-bond acceptors (Lipinski definition) is 4. The average molecular weight is 439 g/mol. The number of imide groups is 1. The Labute approximate surface area is 189 Å². The van der Waals surface area contributed by atoms with Crippen molar-refractivity contribution in [1.29, 1.82) is 0 Å². The average Bonchev–Trinajstić information content (AvgIpc) is 3.31. The van der Waals surface area contributed by atoms with Gasteiger partial charge in [0.15, 0.2) is 0 Å². The molecule has 1 fully saturated rings. The summed E-state index contributed by atoms with van der Waals surface area (Å²) in [6.45, 7) is 0.228. The molecule has 33 heavy (non-hydrogen) atoms. The molecule has 2 heterocycles. The van der Waals surface area contributed by atoms with Crippen LogP contribution >= 0.6 is 0 Å². The maximum atomic E-state index is 12.7. The minimum atomic E-state index is -0.660. The molecule has 1 aliphatic heterocycles. The van der Waals surface area contributed by atoms with Gasteiger partial charge in [-0.2, -0.15) is 0 Å². The Morgan fingerprint density at radius 1 is 1.00 bits per heavy atom. The van der Waals surface area contributed by atoms with E-state index in [9.17, 15) is 14.4 Å². The normalized spacial score (nSPS) is 14.9. The smallest absolute Gasteiger partial charge is 0.329 e. The van der Waals surface area contributed by atoms with Crippen LogP contribution in [0.1, 0.15) is 11.1 Å². The molecule has 4 aromatic rings. The molecule has 1 aliphatic rings. The van der Waals surface area contributed by atoms with Crippen molar-refractivity contribution in [3.63, 3.8) is 0 Å². The van der Waals surface area contributed by atoms with Gasteiger partial charge in [0.1, 0.15) is 12.2 Å². The third kappa shape index (κ3) is 3.85. The van der Waals surface area contributed by atoms with Crippen LogP contribution in [0.2, 0.25) is 0 Å². The third-order valence-corrected chi connectivity index (χ3v) is 5.76. The van der Waals surface area contributed by atoms with Crippen molar-refractivity contribution >= 4 is 45.7 Å². The number of benzene rings is 3. The summed E-state index contributed by atoms with van der Waals surface area (Å²) in [6.07, 6.45) is 3.62. The highest BCUT2D eigenvalue weighted by molar-refractivity contribution is 6.15. The molecule has 3 amide bonds. The largest absolute Gasteiger partial charge is 0.468 e. The van der Waals surface area contributed by atoms with Gasteiger partial charge < -0.3 is 14.6 Å². The van der Waals surface area contributed by atoms with Crippen LogP contribution in [0.15, 0.2) is 78.6 Å². The van der Waals surface area contributed by atoms with Gasteiger partial charge in [0, 0.05) is 29.2 Å². The number of ether oxygens (including phenoxy) is 1. The Kier molecular flexibility index (Phi) is 5.14. The molecule has 0 atom stereocenters. The Morgan fingerprint density at radius 3 is 2.58 bits per heavy atom. The monoisotopic (exact) mass is 439 g/mol. The molecule has 0 saturated carbocycles. The Hall–Kier alpha value is -4.39. The number of nitrogens with zero attached hydrogens (tertiary/aromatic N) is 2.